The lowest BCUT2D eigenvalue weighted by Crippen LogP contribution is -2.56. The van der Waals surface area contributed by atoms with Crippen LogP contribution in [0.4, 0.5) is 11.4 Å². The van der Waals surface area contributed by atoms with Gasteiger partial charge < -0.3 is 19.6 Å². The van der Waals surface area contributed by atoms with Crippen molar-refractivity contribution in [3.63, 3.8) is 0 Å². The third-order valence-corrected chi connectivity index (χ3v) is 11.9. The van der Waals surface area contributed by atoms with Crippen LogP contribution in [0.1, 0.15) is 50.2 Å². The molecule has 2 amide bonds. The Bertz CT molecular complexity index is 1800. The molecule has 1 aliphatic carbocycles. The molecule has 4 aliphatic rings. The second kappa shape index (κ2) is 13.0. The standard InChI is InChI=1S/C37H37Cl4N3O5/c1-36(49-19-22-10-4-3-5-11-22)17-29-30(33(45)43(18-21-8-6-7-9-21)26-13-23(38)12-24(39)14-26)31(34(46)47)37(44(29)20-36)27-15-25(40)16-28(41)32(27)42(2)35(37)48/h3-5,10-16,21,29-31H,6-9,17-20H2,1-2H3,(H,46,47)/t29-,30-,31+,36+,37+/m1/s1. The summed E-state index contributed by atoms with van der Waals surface area (Å²) >= 11 is 26.2. The van der Waals surface area contributed by atoms with Gasteiger partial charge in [0.2, 0.25) is 5.91 Å². The Balaban J connectivity index is 1.39. The number of likely N-dealkylation sites (N-methyl/N-ethyl adjacent to an activating group) is 1. The van der Waals surface area contributed by atoms with Crippen molar-refractivity contribution in [1.29, 1.82) is 0 Å². The topological polar surface area (TPSA) is 90.4 Å². The van der Waals surface area contributed by atoms with E-state index >= 15 is 4.79 Å². The zero-order valence-electron chi connectivity index (χ0n) is 27.2. The van der Waals surface area contributed by atoms with E-state index in [-0.39, 0.29) is 22.5 Å². The number of hydrogen-bond acceptors (Lipinski definition) is 5. The van der Waals surface area contributed by atoms with E-state index in [0.717, 1.165) is 31.2 Å². The van der Waals surface area contributed by atoms with Crippen LogP contribution in [0.3, 0.4) is 0 Å². The molecule has 3 fully saturated rings. The largest absolute Gasteiger partial charge is 0.481 e. The summed E-state index contributed by atoms with van der Waals surface area (Å²) in [7, 11) is 1.58. The summed E-state index contributed by atoms with van der Waals surface area (Å²) in [5, 5.41) is 12.4. The number of halogens is 4. The predicted octanol–water partition coefficient (Wildman–Crippen LogP) is 8.08. The number of carbonyl (C=O) groups excluding carboxylic acids is 2. The molecule has 5 atom stereocenters. The molecule has 12 heteroatoms. The maximum absolute atomic E-state index is 15.3. The summed E-state index contributed by atoms with van der Waals surface area (Å²) in [4.78, 5) is 48.8. The molecule has 2 saturated heterocycles. The van der Waals surface area contributed by atoms with Gasteiger partial charge >= 0.3 is 5.97 Å². The highest BCUT2D eigenvalue weighted by Crippen LogP contribution is 2.62. The lowest BCUT2D eigenvalue weighted by atomic mass is 9.72. The van der Waals surface area contributed by atoms with Crippen LogP contribution >= 0.6 is 46.4 Å². The van der Waals surface area contributed by atoms with Gasteiger partial charge in [0.05, 0.1) is 28.8 Å². The normalized spacial score (nSPS) is 28.0. The monoisotopic (exact) mass is 743 g/mol. The number of fused-ring (bicyclic) bond motifs is 4. The average Bonchev–Trinajstić information content (AvgIpc) is 3.79. The number of amides is 2. The molecule has 258 valence electrons. The number of anilines is 2. The molecule has 0 bridgehead atoms. The molecule has 3 heterocycles. The van der Waals surface area contributed by atoms with Crippen LogP contribution < -0.4 is 9.80 Å². The number of hydrogen-bond donors (Lipinski definition) is 1. The van der Waals surface area contributed by atoms with Crippen LogP contribution in [0.2, 0.25) is 20.1 Å². The van der Waals surface area contributed by atoms with Crippen molar-refractivity contribution in [3.05, 3.63) is 91.9 Å². The van der Waals surface area contributed by atoms with Gasteiger partial charge in [-0.3, -0.25) is 19.3 Å². The number of benzene rings is 3. The van der Waals surface area contributed by atoms with Gasteiger partial charge in [0.15, 0.2) is 0 Å². The Labute approximate surface area is 305 Å². The minimum Gasteiger partial charge on any atom is -0.481 e. The van der Waals surface area contributed by atoms with Crippen LogP contribution in [0.15, 0.2) is 60.7 Å². The Kier molecular flexibility index (Phi) is 9.21. The van der Waals surface area contributed by atoms with E-state index in [1.807, 2.05) is 42.2 Å². The molecule has 1 saturated carbocycles. The van der Waals surface area contributed by atoms with Gasteiger partial charge in [0, 0.05) is 52.5 Å². The first-order chi connectivity index (χ1) is 23.3. The molecule has 0 radical (unpaired) electrons. The maximum atomic E-state index is 15.3. The number of ether oxygens (including phenoxy) is 1. The summed E-state index contributed by atoms with van der Waals surface area (Å²) in [6.07, 6.45) is 4.32. The minimum absolute atomic E-state index is 0.201. The Hall–Kier alpha value is -2.85. The maximum Gasteiger partial charge on any atom is 0.310 e. The predicted molar refractivity (Wildman–Crippen MR) is 192 cm³/mol. The van der Waals surface area contributed by atoms with E-state index in [2.05, 4.69) is 0 Å². The van der Waals surface area contributed by atoms with Crippen molar-refractivity contribution in [2.24, 2.45) is 17.8 Å². The number of nitrogens with zero attached hydrogens (tertiary/aromatic N) is 3. The number of rotatable bonds is 8. The molecule has 1 N–H and O–H groups in total. The molecule has 8 nitrogen and oxygen atoms in total. The van der Waals surface area contributed by atoms with Crippen LogP contribution in [0.25, 0.3) is 0 Å². The van der Waals surface area contributed by atoms with E-state index < -0.39 is 46.8 Å². The molecular weight excluding hydrogens is 708 g/mol. The molecule has 49 heavy (non-hydrogen) atoms. The number of carbonyl (C=O) groups is 3. The number of carboxylic acid groups (broad SMARTS) is 1. The van der Waals surface area contributed by atoms with Crippen LogP contribution in [-0.2, 0) is 31.3 Å². The van der Waals surface area contributed by atoms with Crippen molar-refractivity contribution >= 4 is 75.6 Å². The van der Waals surface area contributed by atoms with E-state index in [0.29, 0.717) is 46.6 Å². The Morgan fingerprint density at radius 3 is 2.29 bits per heavy atom. The van der Waals surface area contributed by atoms with E-state index in [4.69, 9.17) is 51.1 Å². The SMILES string of the molecule is CN1C(=O)[C@]2(c3cc(Cl)cc(Cl)c31)[C@H](C(=O)O)[C@H](C(=O)N(CC1CCCC1)c1cc(Cl)cc(Cl)c1)[C@H]1C[C@](C)(OCc3ccccc3)CN12. The fraction of sp³-hybridized carbons (Fsp3) is 0.432. The van der Waals surface area contributed by atoms with Crippen molar-refractivity contribution in [1.82, 2.24) is 4.90 Å². The second-order valence-corrected chi connectivity index (χ2v) is 15.8. The van der Waals surface area contributed by atoms with E-state index in [1.54, 1.807) is 42.3 Å². The fourth-order valence-electron chi connectivity index (χ4n) is 8.94. The smallest absolute Gasteiger partial charge is 0.310 e. The van der Waals surface area contributed by atoms with Crippen molar-refractivity contribution in [2.45, 2.75) is 62.8 Å². The average molecular weight is 746 g/mol. The van der Waals surface area contributed by atoms with Crippen LogP contribution in [0, 0.1) is 17.8 Å². The van der Waals surface area contributed by atoms with E-state index in [1.165, 1.54) is 4.90 Å². The third-order valence-electron chi connectivity index (χ3n) is 10.9. The first-order valence-electron chi connectivity index (χ1n) is 16.6. The van der Waals surface area contributed by atoms with Crippen molar-refractivity contribution < 1.29 is 24.2 Å². The van der Waals surface area contributed by atoms with Crippen LogP contribution in [-0.4, -0.2) is 59.6 Å². The fourth-order valence-corrected chi connectivity index (χ4v) is 10.1. The van der Waals surface area contributed by atoms with Gasteiger partial charge in [0.25, 0.3) is 5.91 Å². The molecule has 3 aromatic carbocycles. The first kappa shape index (κ1) is 34.6. The summed E-state index contributed by atoms with van der Waals surface area (Å²) < 4.78 is 6.60. The summed E-state index contributed by atoms with van der Waals surface area (Å²) in [5.74, 6) is -4.50. The molecule has 0 aromatic heterocycles. The number of aliphatic carboxylic acids is 1. The molecule has 1 spiro atoms. The highest BCUT2D eigenvalue weighted by Gasteiger charge is 2.74. The van der Waals surface area contributed by atoms with Crippen LogP contribution in [0.5, 0.6) is 0 Å². The summed E-state index contributed by atoms with van der Waals surface area (Å²) in [5.41, 5.74) is -0.358. The highest BCUT2D eigenvalue weighted by atomic mass is 35.5. The molecule has 0 unspecified atom stereocenters. The zero-order chi connectivity index (χ0) is 34.8. The number of carboxylic acids is 1. The van der Waals surface area contributed by atoms with Gasteiger partial charge in [-0.25, -0.2) is 0 Å². The van der Waals surface area contributed by atoms with Gasteiger partial charge in [-0.2, -0.15) is 0 Å². The van der Waals surface area contributed by atoms with Crippen molar-refractivity contribution in [3.8, 4) is 0 Å². The minimum atomic E-state index is -1.77. The van der Waals surface area contributed by atoms with Gasteiger partial charge in [-0.15, -0.1) is 0 Å². The van der Waals surface area contributed by atoms with Gasteiger partial charge in [-0.1, -0.05) is 89.6 Å². The Morgan fingerprint density at radius 2 is 1.63 bits per heavy atom. The zero-order valence-corrected chi connectivity index (χ0v) is 30.2. The Morgan fingerprint density at radius 1 is 0.980 bits per heavy atom. The molecule has 3 aliphatic heterocycles. The first-order valence-corrected chi connectivity index (χ1v) is 18.1. The molecular formula is C37H37Cl4N3O5. The van der Waals surface area contributed by atoms with Crippen molar-refractivity contribution in [2.75, 3.05) is 29.9 Å². The van der Waals surface area contributed by atoms with Gasteiger partial charge in [0.1, 0.15) is 11.5 Å². The summed E-state index contributed by atoms with van der Waals surface area (Å²) in [6.45, 7) is 2.85. The molecule has 3 aromatic rings. The molecule has 7 rings (SSSR count). The third kappa shape index (κ3) is 5.82. The second-order valence-electron chi connectivity index (χ2n) is 14.1. The van der Waals surface area contributed by atoms with E-state index in [9.17, 15) is 14.7 Å². The van der Waals surface area contributed by atoms with Gasteiger partial charge in [-0.05, 0) is 68.0 Å². The lowest BCUT2D eigenvalue weighted by Gasteiger charge is -2.38. The lowest BCUT2D eigenvalue weighted by molar-refractivity contribution is -0.154. The quantitative estimate of drug-likeness (QED) is 0.251. The summed E-state index contributed by atoms with van der Waals surface area (Å²) in [6, 6.07) is 17.2. The highest BCUT2D eigenvalue weighted by molar-refractivity contribution is 6.38.